The minimum Gasteiger partial charge on any atom is -0.478 e. The third-order valence-corrected chi connectivity index (χ3v) is 1.50. The first-order valence-electron chi connectivity index (χ1n) is 4.92. The number of nitrogens with one attached hydrogen (secondary N) is 2. The van der Waals surface area contributed by atoms with Crippen LogP contribution in [0.5, 0.6) is 0 Å². The topological polar surface area (TPSA) is 78.4 Å². The van der Waals surface area contributed by atoms with E-state index in [0.717, 1.165) is 6.08 Å². The Morgan fingerprint density at radius 1 is 1.40 bits per heavy atom. The molecule has 5 nitrogen and oxygen atoms in total. The third kappa shape index (κ3) is 10.6. The van der Waals surface area contributed by atoms with Crippen molar-refractivity contribution < 1.29 is 14.7 Å². The molecule has 0 atom stereocenters. The van der Waals surface area contributed by atoms with E-state index in [-0.39, 0.29) is 11.9 Å². The summed E-state index contributed by atoms with van der Waals surface area (Å²) in [6.45, 7) is 4.81. The lowest BCUT2D eigenvalue weighted by atomic mass is 10.3. The second-order valence-electron chi connectivity index (χ2n) is 3.42. The van der Waals surface area contributed by atoms with E-state index in [0.29, 0.717) is 19.5 Å². The fraction of sp³-hybridized carbons (Fsp3) is 0.600. The van der Waals surface area contributed by atoms with Gasteiger partial charge in [-0.1, -0.05) is 6.08 Å². The molecule has 0 rings (SSSR count). The molecule has 0 bridgehead atoms. The first kappa shape index (κ1) is 13.6. The maximum Gasteiger partial charge on any atom is 0.328 e. The number of hydrogen-bond donors (Lipinski definition) is 3. The fourth-order valence-electron chi connectivity index (χ4n) is 0.941. The van der Waals surface area contributed by atoms with Crippen LogP contribution in [0.25, 0.3) is 0 Å². The van der Waals surface area contributed by atoms with E-state index in [4.69, 9.17) is 5.11 Å². The molecule has 0 unspecified atom stereocenters. The lowest BCUT2D eigenvalue weighted by molar-refractivity contribution is -0.131. The van der Waals surface area contributed by atoms with Gasteiger partial charge >= 0.3 is 5.97 Å². The van der Waals surface area contributed by atoms with Gasteiger partial charge in [0.15, 0.2) is 0 Å². The van der Waals surface area contributed by atoms with E-state index in [2.05, 4.69) is 10.6 Å². The zero-order valence-electron chi connectivity index (χ0n) is 9.12. The fourth-order valence-corrected chi connectivity index (χ4v) is 0.941. The molecule has 86 valence electrons. The Bertz CT molecular complexity index is 237. The predicted molar refractivity (Wildman–Crippen MR) is 57.5 cm³/mol. The molecule has 0 spiro atoms. The second kappa shape index (κ2) is 7.99. The molecule has 0 saturated heterocycles. The first-order valence-corrected chi connectivity index (χ1v) is 4.92. The van der Waals surface area contributed by atoms with Crippen molar-refractivity contribution in [1.29, 1.82) is 0 Å². The van der Waals surface area contributed by atoms with Crippen LogP contribution < -0.4 is 10.6 Å². The van der Waals surface area contributed by atoms with Crippen molar-refractivity contribution in [1.82, 2.24) is 10.6 Å². The summed E-state index contributed by atoms with van der Waals surface area (Å²) in [4.78, 5) is 21.2. The van der Waals surface area contributed by atoms with Crippen molar-refractivity contribution in [2.24, 2.45) is 0 Å². The van der Waals surface area contributed by atoms with Gasteiger partial charge in [-0.05, 0) is 13.8 Å². The normalized spacial score (nSPS) is 10.9. The van der Waals surface area contributed by atoms with Gasteiger partial charge in [-0.15, -0.1) is 0 Å². The standard InChI is InChI=1S/C10H18N2O3/c1-8(2)12-9(13)5-7-11-6-3-4-10(14)15/h3-4,8,11H,5-7H2,1-2H3,(H,12,13)(H,14,15)/b4-3+. The van der Waals surface area contributed by atoms with Crippen molar-refractivity contribution in [3.8, 4) is 0 Å². The van der Waals surface area contributed by atoms with Crippen LogP contribution >= 0.6 is 0 Å². The Labute approximate surface area is 89.6 Å². The van der Waals surface area contributed by atoms with Crippen LogP contribution in [0, 0.1) is 0 Å². The van der Waals surface area contributed by atoms with Gasteiger partial charge in [0.05, 0.1) is 0 Å². The summed E-state index contributed by atoms with van der Waals surface area (Å²) < 4.78 is 0. The molecule has 0 heterocycles. The van der Waals surface area contributed by atoms with Crippen molar-refractivity contribution in [3.63, 3.8) is 0 Å². The molecule has 0 fully saturated rings. The van der Waals surface area contributed by atoms with Crippen LogP contribution in [-0.2, 0) is 9.59 Å². The molecule has 0 saturated carbocycles. The third-order valence-electron chi connectivity index (χ3n) is 1.50. The molecular formula is C10H18N2O3. The highest BCUT2D eigenvalue weighted by atomic mass is 16.4. The Morgan fingerprint density at radius 3 is 2.60 bits per heavy atom. The van der Waals surface area contributed by atoms with Gasteiger partial charge < -0.3 is 15.7 Å². The lowest BCUT2D eigenvalue weighted by Gasteiger charge is -2.07. The molecule has 0 aliphatic heterocycles. The maximum atomic E-state index is 11.1. The highest BCUT2D eigenvalue weighted by molar-refractivity contribution is 5.79. The summed E-state index contributed by atoms with van der Waals surface area (Å²) in [7, 11) is 0. The molecular weight excluding hydrogens is 196 g/mol. The van der Waals surface area contributed by atoms with Gasteiger partial charge in [0.2, 0.25) is 5.91 Å². The smallest absolute Gasteiger partial charge is 0.328 e. The molecule has 5 heteroatoms. The maximum absolute atomic E-state index is 11.1. The quantitative estimate of drug-likeness (QED) is 0.416. The minimum absolute atomic E-state index is 0.000265. The average molecular weight is 214 g/mol. The Morgan fingerprint density at radius 2 is 2.07 bits per heavy atom. The molecule has 0 aromatic heterocycles. The summed E-state index contributed by atoms with van der Waals surface area (Å²) in [5.41, 5.74) is 0. The first-order chi connectivity index (χ1) is 7.02. The lowest BCUT2D eigenvalue weighted by Crippen LogP contribution is -2.32. The zero-order chi connectivity index (χ0) is 11.7. The Balaban J connectivity index is 3.38. The van der Waals surface area contributed by atoms with Gasteiger partial charge in [-0.25, -0.2) is 4.79 Å². The number of aliphatic carboxylic acids is 1. The Hall–Kier alpha value is -1.36. The van der Waals surface area contributed by atoms with Gasteiger partial charge in [0.1, 0.15) is 0 Å². The molecule has 0 aromatic carbocycles. The predicted octanol–water partition coefficient (Wildman–Crippen LogP) is 0.132. The molecule has 0 aromatic rings. The van der Waals surface area contributed by atoms with E-state index in [1.807, 2.05) is 13.8 Å². The SMILES string of the molecule is CC(C)NC(=O)CCNC/C=C/C(=O)O. The van der Waals surface area contributed by atoms with Gasteiger partial charge in [0, 0.05) is 31.6 Å². The van der Waals surface area contributed by atoms with E-state index in [1.165, 1.54) is 6.08 Å². The number of carboxylic acid groups (broad SMARTS) is 1. The summed E-state index contributed by atoms with van der Waals surface area (Å²) >= 11 is 0. The highest BCUT2D eigenvalue weighted by Gasteiger charge is 2.01. The van der Waals surface area contributed by atoms with Crippen LogP contribution in [-0.4, -0.2) is 36.1 Å². The van der Waals surface area contributed by atoms with Crippen molar-refractivity contribution in [2.45, 2.75) is 26.3 Å². The average Bonchev–Trinajstić information content (AvgIpc) is 2.09. The van der Waals surface area contributed by atoms with E-state index in [9.17, 15) is 9.59 Å². The highest BCUT2D eigenvalue weighted by Crippen LogP contribution is 1.82. The van der Waals surface area contributed by atoms with Crippen LogP contribution in [0.1, 0.15) is 20.3 Å². The zero-order valence-corrected chi connectivity index (χ0v) is 9.12. The Kier molecular flexibility index (Phi) is 7.27. The second-order valence-corrected chi connectivity index (χ2v) is 3.42. The van der Waals surface area contributed by atoms with Crippen LogP contribution in [0.3, 0.4) is 0 Å². The van der Waals surface area contributed by atoms with Crippen molar-refractivity contribution >= 4 is 11.9 Å². The summed E-state index contributed by atoms with van der Waals surface area (Å²) in [5, 5.41) is 14.0. The van der Waals surface area contributed by atoms with Crippen LogP contribution in [0.2, 0.25) is 0 Å². The number of carbonyl (C=O) groups is 2. The molecule has 0 aliphatic carbocycles. The number of carbonyl (C=O) groups excluding carboxylic acids is 1. The molecule has 0 aliphatic rings. The monoisotopic (exact) mass is 214 g/mol. The van der Waals surface area contributed by atoms with Gasteiger partial charge in [-0.3, -0.25) is 4.79 Å². The van der Waals surface area contributed by atoms with Crippen LogP contribution in [0.4, 0.5) is 0 Å². The van der Waals surface area contributed by atoms with Crippen molar-refractivity contribution in [2.75, 3.05) is 13.1 Å². The van der Waals surface area contributed by atoms with E-state index >= 15 is 0 Å². The largest absolute Gasteiger partial charge is 0.478 e. The van der Waals surface area contributed by atoms with Gasteiger partial charge in [-0.2, -0.15) is 0 Å². The summed E-state index contributed by atoms with van der Waals surface area (Å²) in [6, 6.07) is 0.157. The van der Waals surface area contributed by atoms with E-state index < -0.39 is 5.97 Å². The summed E-state index contributed by atoms with van der Waals surface area (Å²) in [6.07, 6.45) is 2.98. The van der Waals surface area contributed by atoms with Gasteiger partial charge in [0.25, 0.3) is 0 Å². The number of rotatable bonds is 7. The molecule has 1 amide bonds. The minimum atomic E-state index is -0.964. The molecule has 3 N–H and O–H groups in total. The summed E-state index contributed by atoms with van der Waals surface area (Å²) in [5.74, 6) is -0.964. The molecule has 15 heavy (non-hydrogen) atoms. The van der Waals surface area contributed by atoms with Crippen LogP contribution in [0.15, 0.2) is 12.2 Å². The number of carboxylic acids is 1. The van der Waals surface area contributed by atoms with E-state index in [1.54, 1.807) is 0 Å². The molecule has 0 radical (unpaired) electrons. The van der Waals surface area contributed by atoms with Crippen molar-refractivity contribution in [3.05, 3.63) is 12.2 Å². The number of hydrogen-bond acceptors (Lipinski definition) is 3. The number of amides is 1.